The van der Waals surface area contributed by atoms with E-state index < -0.39 is 10.0 Å². The van der Waals surface area contributed by atoms with Gasteiger partial charge in [0.15, 0.2) is 5.13 Å². The molecule has 0 fully saturated rings. The highest BCUT2D eigenvalue weighted by atomic mass is 79.9. The number of hydrogen-bond donors (Lipinski definition) is 2. The Hall–Kier alpha value is -0.160. The van der Waals surface area contributed by atoms with Crippen LogP contribution in [0.3, 0.4) is 0 Å². The number of halogens is 3. The fourth-order valence-corrected chi connectivity index (χ4v) is 6.27. The molecule has 0 radical (unpaired) electrons. The Labute approximate surface area is 139 Å². The Kier molecular flexibility index (Phi) is 4.56. The molecule has 10 heteroatoms. The van der Waals surface area contributed by atoms with E-state index in [1.54, 1.807) is 0 Å². The Morgan fingerprint density at radius 3 is 2.26 bits per heavy atom. The minimum Gasteiger partial charge on any atom is -0.399 e. The van der Waals surface area contributed by atoms with Gasteiger partial charge in [0.25, 0.3) is 10.0 Å². The first kappa shape index (κ1) is 15.2. The lowest BCUT2D eigenvalue weighted by Gasteiger charge is -2.10. The van der Waals surface area contributed by atoms with Crippen molar-refractivity contribution >= 4 is 80.0 Å². The summed E-state index contributed by atoms with van der Waals surface area (Å²) >= 11 is 10.8. The van der Waals surface area contributed by atoms with Crippen molar-refractivity contribution in [3.8, 4) is 0 Å². The number of anilines is 2. The summed E-state index contributed by atoms with van der Waals surface area (Å²) in [6, 6.07) is 3.05. The van der Waals surface area contributed by atoms with Gasteiger partial charge in [-0.2, -0.15) is 0 Å². The molecule has 0 aliphatic heterocycles. The third-order valence-corrected chi connectivity index (χ3v) is 6.72. The molecule has 0 spiro atoms. The Balaban J connectivity index is 2.45. The smallest absolute Gasteiger partial charge is 0.265 e. The van der Waals surface area contributed by atoms with Crippen molar-refractivity contribution in [3.05, 3.63) is 31.1 Å². The largest absolute Gasteiger partial charge is 0.399 e. The summed E-state index contributed by atoms with van der Waals surface area (Å²) in [5.41, 5.74) is 6.09. The van der Waals surface area contributed by atoms with Gasteiger partial charge in [-0.25, -0.2) is 13.4 Å². The molecule has 1 aromatic carbocycles. The zero-order valence-corrected chi connectivity index (χ0v) is 15.4. The number of nitrogens with two attached hydrogens (primary N) is 1. The van der Waals surface area contributed by atoms with Crippen molar-refractivity contribution in [2.24, 2.45) is 0 Å². The SMILES string of the molecule is Nc1cc(Br)c(S(=O)(=O)Nc2ncc(Br)s2)c(Br)c1. The summed E-state index contributed by atoms with van der Waals surface area (Å²) in [5, 5.41) is 0.280. The molecule has 0 aliphatic carbocycles. The van der Waals surface area contributed by atoms with Gasteiger partial charge in [0, 0.05) is 14.6 Å². The van der Waals surface area contributed by atoms with Crippen LogP contribution in [-0.4, -0.2) is 13.4 Å². The molecule has 5 nitrogen and oxygen atoms in total. The predicted octanol–water partition coefficient (Wildman–Crippen LogP) is 3.81. The second-order valence-electron chi connectivity index (χ2n) is 3.39. The molecule has 19 heavy (non-hydrogen) atoms. The van der Waals surface area contributed by atoms with Crippen molar-refractivity contribution in [2.45, 2.75) is 4.90 Å². The van der Waals surface area contributed by atoms with Crippen LogP contribution in [0.5, 0.6) is 0 Å². The molecule has 102 valence electrons. The predicted molar refractivity (Wildman–Crippen MR) is 86.9 cm³/mol. The molecular formula is C9H6Br3N3O2S2. The van der Waals surface area contributed by atoms with Crippen molar-refractivity contribution < 1.29 is 8.42 Å². The monoisotopic (exact) mass is 489 g/mol. The van der Waals surface area contributed by atoms with Gasteiger partial charge in [0.1, 0.15) is 4.90 Å². The molecule has 1 heterocycles. The van der Waals surface area contributed by atoms with Gasteiger partial charge in [-0.05, 0) is 59.9 Å². The Bertz CT molecular complexity index is 707. The van der Waals surface area contributed by atoms with E-state index in [0.717, 1.165) is 3.79 Å². The quantitative estimate of drug-likeness (QED) is 0.639. The lowest BCUT2D eigenvalue weighted by atomic mass is 10.3. The molecule has 0 amide bonds. The van der Waals surface area contributed by atoms with Crippen LogP contribution in [0.4, 0.5) is 10.8 Å². The maximum Gasteiger partial charge on any atom is 0.265 e. The summed E-state index contributed by atoms with van der Waals surface area (Å²) in [7, 11) is -3.75. The third-order valence-electron chi connectivity index (χ3n) is 1.99. The number of nitrogens with zero attached hydrogens (tertiary/aromatic N) is 1. The van der Waals surface area contributed by atoms with Crippen molar-refractivity contribution in [1.82, 2.24) is 4.98 Å². The first-order chi connectivity index (χ1) is 8.79. The van der Waals surface area contributed by atoms with Gasteiger partial charge in [-0.1, -0.05) is 11.3 Å². The molecular weight excluding hydrogens is 486 g/mol. The number of nitrogens with one attached hydrogen (secondary N) is 1. The highest BCUT2D eigenvalue weighted by molar-refractivity contribution is 9.11. The number of aromatic nitrogens is 1. The van der Waals surface area contributed by atoms with Crippen LogP contribution in [0.2, 0.25) is 0 Å². The van der Waals surface area contributed by atoms with Crippen molar-refractivity contribution in [2.75, 3.05) is 10.5 Å². The number of hydrogen-bond acceptors (Lipinski definition) is 5. The fourth-order valence-electron chi connectivity index (χ4n) is 1.30. The maximum absolute atomic E-state index is 12.3. The van der Waals surface area contributed by atoms with Gasteiger partial charge < -0.3 is 5.73 Å². The summed E-state index contributed by atoms with van der Waals surface area (Å²) in [6.07, 6.45) is 1.52. The van der Waals surface area contributed by atoms with Gasteiger partial charge in [0.2, 0.25) is 0 Å². The molecule has 2 rings (SSSR count). The highest BCUT2D eigenvalue weighted by Gasteiger charge is 2.23. The second kappa shape index (κ2) is 5.68. The van der Waals surface area contributed by atoms with Crippen LogP contribution in [0.25, 0.3) is 0 Å². The van der Waals surface area contributed by atoms with Gasteiger partial charge in [0.05, 0.1) is 9.98 Å². The summed E-state index contributed by atoms with van der Waals surface area (Å²) < 4.78 is 28.5. The number of nitrogen functional groups attached to an aromatic ring is 1. The molecule has 0 saturated carbocycles. The van der Waals surface area contributed by atoms with E-state index in [1.807, 2.05) is 0 Å². The Morgan fingerprint density at radius 2 is 1.79 bits per heavy atom. The minimum absolute atomic E-state index is 0.0769. The molecule has 0 bridgehead atoms. The van der Waals surface area contributed by atoms with Crippen LogP contribution in [0.15, 0.2) is 36.0 Å². The average Bonchev–Trinajstić information content (AvgIpc) is 2.60. The van der Waals surface area contributed by atoms with E-state index in [-0.39, 0.29) is 10.0 Å². The molecule has 0 saturated heterocycles. The normalized spacial score (nSPS) is 11.5. The topological polar surface area (TPSA) is 85.1 Å². The van der Waals surface area contributed by atoms with Crippen LogP contribution in [0, 0.1) is 0 Å². The number of rotatable bonds is 3. The van der Waals surface area contributed by atoms with Gasteiger partial charge in [-0.3, -0.25) is 4.72 Å². The van der Waals surface area contributed by atoms with E-state index in [2.05, 4.69) is 57.5 Å². The van der Waals surface area contributed by atoms with E-state index in [0.29, 0.717) is 14.6 Å². The zero-order chi connectivity index (χ0) is 14.2. The third kappa shape index (κ3) is 3.48. The highest BCUT2D eigenvalue weighted by Crippen LogP contribution is 2.34. The first-order valence-corrected chi connectivity index (χ1v) is 9.36. The van der Waals surface area contributed by atoms with E-state index in [4.69, 9.17) is 5.73 Å². The molecule has 3 N–H and O–H groups in total. The maximum atomic E-state index is 12.3. The van der Waals surface area contributed by atoms with Crippen molar-refractivity contribution in [3.63, 3.8) is 0 Å². The lowest BCUT2D eigenvalue weighted by molar-refractivity contribution is 0.600. The standard InChI is InChI=1S/C9H6Br3N3O2S2/c10-5-1-4(13)2-6(11)8(5)19(16,17)15-9-14-3-7(12)18-9/h1-3H,13H2,(H,14,15). The van der Waals surface area contributed by atoms with Crippen LogP contribution in [0.1, 0.15) is 0 Å². The van der Waals surface area contributed by atoms with Gasteiger partial charge >= 0.3 is 0 Å². The molecule has 0 atom stereocenters. The fraction of sp³-hybridized carbons (Fsp3) is 0. The zero-order valence-electron chi connectivity index (χ0n) is 9.02. The molecule has 1 aromatic heterocycles. The lowest BCUT2D eigenvalue weighted by Crippen LogP contribution is -2.14. The van der Waals surface area contributed by atoms with Crippen molar-refractivity contribution in [1.29, 1.82) is 0 Å². The van der Waals surface area contributed by atoms with E-state index in [1.165, 1.54) is 29.7 Å². The average molecular weight is 492 g/mol. The first-order valence-electron chi connectivity index (χ1n) is 4.68. The molecule has 0 unspecified atom stereocenters. The van der Waals surface area contributed by atoms with Crippen LogP contribution >= 0.6 is 59.1 Å². The Morgan fingerprint density at radius 1 is 1.21 bits per heavy atom. The second-order valence-corrected chi connectivity index (χ2v) is 9.13. The van der Waals surface area contributed by atoms with Gasteiger partial charge in [-0.15, -0.1) is 0 Å². The van der Waals surface area contributed by atoms with Crippen LogP contribution in [-0.2, 0) is 10.0 Å². The summed E-state index contributed by atoms with van der Waals surface area (Å²) in [5.74, 6) is 0. The molecule has 2 aromatic rings. The number of benzene rings is 1. The summed E-state index contributed by atoms with van der Waals surface area (Å²) in [6.45, 7) is 0. The summed E-state index contributed by atoms with van der Waals surface area (Å²) in [4.78, 5) is 4.01. The number of sulfonamides is 1. The minimum atomic E-state index is -3.75. The van der Waals surface area contributed by atoms with E-state index >= 15 is 0 Å². The van der Waals surface area contributed by atoms with E-state index in [9.17, 15) is 8.42 Å². The number of thiazole rings is 1. The van der Waals surface area contributed by atoms with Crippen LogP contribution < -0.4 is 10.5 Å². The molecule has 0 aliphatic rings.